The number of carbonyl (C=O) groups is 1. The van der Waals surface area contributed by atoms with Crippen molar-refractivity contribution in [3.63, 3.8) is 0 Å². The van der Waals surface area contributed by atoms with Gasteiger partial charge < -0.3 is 15.4 Å². The van der Waals surface area contributed by atoms with Crippen LogP contribution in [-0.4, -0.2) is 23.1 Å². The zero-order valence-corrected chi connectivity index (χ0v) is 15.7. The number of ether oxygens (including phenoxy) is 1. The lowest BCUT2D eigenvalue weighted by atomic mass is 10.2. The smallest absolute Gasteiger partial charge is 0.340 e. The van der Waals surface area contributed by atoms with E-state index >= 15 is 0 Å². The number of halogens is 1. The number of nitrogens with one attached hydrogen (secondary N) is 2. The highest BCUT2D eigenvalue weighted by atomic mass is 35.5. The van der Waals surface area contributed by atoms with Crippen LogP contribution in [0.25, 0.3) is 0 Å². The van der Waals surface area contributed by atoms with E-state index in [4.69, 9.17) is 28.6 Å². The highest BCUT2D eigenvalue weighted by Gasteiger charge is 2.18. The summed E-state index contributed by atoms with van der Waals surface area (Å²) < 4.78 is 4.76. The van der Waals surface area contributed by atoms with Gasteiger partial charge in [-0.3, -0.25) is 10.1 Å². The fourth-order valence-electron chi connectivity index (χ4n) is 1.97. The molecule has 1 heterocycles. The molecule has 2 rings (SSSR count). The Kier molecular flexibility index (Phi) is 6.29. The van der Waals surface area contributed by atoms with Crippen molar-refractivity contribution in [3.8, 4) is 0 Å². The summed E-state index contributed by atoms with van der Waals surface area (Å²) in [5, 5.41) is 17.5. The van der Waals surface area contributed by atoms with Gasteiger partial charge in [-0.15, -0.1) is 11.3 Å². The Bertz CT molecular complexity index is 838. The van der Waals surface area contributed by atoms with E-state index in [1.165, 1.54) is 30.6 Å². The lowest BCUT2D eigenvalue weighted by Crippen LogP contribution is -2.20. The van der Waals surface area contributed by atoms with Gasteiger partial charge in [0.05, 0.1) is 17.6 Å². The minimum absolute atomic E-state index is 0.0354. The van der Waals surface area contributed by atoms with Gasteiger partial charge in [0.2, 0.25) is 0 Å². The molecule has 132 valence electrons. The molecule has 0 bridgehead atoms. The second-order valence-electron chi connectivity index (χ2n) is 4.80. The van der Waals surface area contributed by atoms with Crippen LogP contribution < -0.4 is 10.6 Å². The SMILES string of the molecule is CCc1cc(C(=O)OC)c(NC(=S)Nc2ccc(Cl)c([N+](=O)[O-])c2)s1. The molecule has 0 aliphatic rings. The maximum atomic E-state index is 11.9. The molecule has 0 spiro atoms. The van der Waals surface area contributed by atoms with Crippen LogP contribution in [-0.2, 0) is 11.2 Å². The van der Waals surface area contributed by atoms with Gasteiger partial charge in [-0.25, -0.2) is 4.79 Å². The molecule has 0 radical (unpaired) electrons. The first-order chi connectivity index (χ1) is 11.8. The van der Waals surface area contributed by atoms with Crippen molar-refractivity contribution in [2.24, 2.45) is 0 Å². The summed E-state index contributed by atoms with van der Waals surface area (Å²) in [6.07, 6.45) is 0.764. The predicted molar refractivity (Wildman–Crippen MR) is 103 cm³/mol. The molecule has 0 aliphatic heterocycles. The summed E-state index contributed by atoms with van der Waals surface area (Å²) >= 11 is 12.4. The maximum Gasteiger partial charge on any atom is 0.340 e. The van der Waals surface area contributed by atoms with Gasteiger partial charge >= 0.3 is 5.97 Å². The number of nitro benzene ring substituents is 1. The van der Waals surface area contributed by atoms with Gasteiger partial charge in [-0.05, 0) is 36.8 Å². The minimum Gasteiger partial charge on any atom is -0.465 e. The summed E-state index contributed by atoms with van der Waals surface area (Å²) in [5.41, 5.74) is 0.560. The number of methoxy groups -OCH3 is 1. The number of aryl methyl sites for hydroxylation is 1. The van der Waals surface area contributed by atoms with Crippen molar-refractivity contribution >= 4 is 62.6 Å². The van der Waals surface area contributed by atoms with Crippen molar-refractivity contribution in [3.05, 3.63) is 49.8 Å². The van der Waals surface area contributed by atoms with Crippen LogP contribution in [0.5, 0.6) is 0 Å². The quantitative estimate of drug-likeness (QED) is 0.331. The zero-order chi connectivity index (χ0) is 18.6. The second kappa shape index (κ2) is 8.24. The van der Waals surface area contributed by atoms with Crippen molar-refractivity contribution < 1.29 is 14.5 Å². The Morgan fingerprint density at radius 1 is 1.40 bits per heavy atom. The van der Waals surface area contributed by atoms with Crippen LogP contribution in [0.4, 0.5) is 16.4 Å². The third-order valence-electron chi connectivity index (χ3n) is 3.16. The fourth-order valence-corrected chi connectivity index (χ4v) is 3.43. The average molecular weight is 400 g/mol. The van der Waals surface area contributed by atoms with E-state index in [1.54, 1.807) is 12.1 Å². The first-order valence-corrected chi connectivity index (χ1v) is 8.69. The van der Waals surface area contributed by atoms with Crippen LogP contribution in [0, 0.1) is 10.1 Å². The van der Waals surface area contributed by atoms with Crippen molar-refractivity contribution in [2.75, 3.05) is 17.7 Å². The van der Waals surface area contributed by atoms with E-state index in [-0.39, 0.29) is 15.8 Å². The Morgan fingerprint density at radius 2 is 2.12 bits per heavy atom. The lowest BCUT2D eigenvalue weighted by Gasteiger charge is -2.10. The minimum atomic E-state index is -0.577. The molecule has 2 aromatic rings. The molecule has 7 nitrogen and oxygen atoms in total. The monoisotopic (exact) mass is 399 g/mol. The molecular formula is C15H14ClN3O4S2. The number of anilines is 2. The van der Waals surface area contributed by atoms with Gasteiger partial charge in [0.25, 0.3) is 5.69 Å². The molecule has 10 heteroatoms. The number of rotatable bonds is 5. The van der Waals surface area contributed by atoms with Crippen molar-refractivity contribution in [2.45, 2.75) is 13.3 Å². The molecule has 0 saturated carbocycles. The zero-order valence-electron chi connectivity index (χ0n) is 13.3. The van der Waals surface area contributed by atoms with E-state index in [0.29, 0.717) is 16.3 Å². The summed E-state index contributed by atoms with van der Waals surface area (Å²) in [6, 6.07) is 6.00. The van der Waals surface area contributed by atoms with Crippen molar-refractivity contribution in [1.29, 1.82) is 0 Å². The van der Waals surface area contributed by atoms with E-state index in [2.05, 4.69) is 10.6 Å². The molecule has 0 atom stereocenters. The number of thiocarbonyl (C=S) groups is 1. The molecule has 1 aromatic carbocycles. The molecular weight excluding hydrogens is 386 g/mol. The summed E-state index contributed by atoms with van der Waals surface area (Å²) in [6.45, 7) is 1.97. The number of nitro groups is 1. The molecule has 0 saturated heterocycles. The van der Waals surface area contributed by atoms with Gasteiger partial charge in [0, 0.05) is 16.6 Å². The molecule has 0 amide bonds. The molecule has 1 aromatic heterocycles. The number of nitrogens with zero attached hydrogens (tertiary/aromatic N) is 1. The summed E-state index contributed by atoms with van der Waals surface area (Å²) in [7, 11) is 1.30. The number of hydrogen-bond acceptors (Lipinski definition) is 6. The highest BCUT2D eigenvalue weighted by Crippen LogP contribution is 2.30. The topological polar surface area (TPSA) is 93.5 Å². The second-order valence-corrected chi connectivity index (χ2v) is 6.76. The summed E-state index contributed by atoms with van der Waals surface area (Å²) in [5.74, 6) is -0.469. The van der Waals surface area contributed by atoms with Gasteiger partial charge in [0.1, 0.15) is 10.0 Å². The Balaban J connectivity index is 2.18. The number of benzene rings is 1. The molecule has 0 fully saturated rings. The first kappa shape index (κ1) is 19.1. The molecule has 2 N–H and O–H groups in total. The Hall–Kier alpha value is -2.23. The highest BCUT2D eigenvalue weighted by molar-refractivity contribution is 7.80. The largest absolute Gasteiger partial charge is 0.465 e. The van der Waals surface area contributed by atoms with Gasteiger partial charge in [-0.1, -0.05) is 18.5 Å². The van der Waals surface area contributed by atoms with Crippen LogP contribution in [0.3, 0.4) is 0 Å². The average Bonchev–Trinajstić information content (AvgIpc) is 2.98. The van der Waals surface area contributed by atoms with Gasteiger partial charge in [-0.2, -0.15) is 0 Å². The number of hydrogen-bond donors (Lipinski definition) is 2. The first-order valence-electron chi connectivity index (χ1n) is 7.08. The van der Waals surface area contributed by atoms with E-state index in [1.807, 2.05) is 6.92 Å². The van der Waals surface area contributed by atoms with E-state index in [9.17, 15) is 14.9 Å². The molecule has 0 unspecified atom stereocenters. The maximum absolute atomic E-state index is 11.9. The van der Waals surface area contributed by atoms with Crippen LogP contribution >= 0.6 is 35.2 Å². The molecule has 0 aliphatic carbocycles. The third-order valence-corrected chi connectivity index (χ3v) is 4.88. The molecule has 25 heavy (non-hydrogen) atoms. The standard InChI is InChI=1S/C15H14ClN3O4S2/c1-3-9-7-10(14(20)23-2)13(25-9)18-15(24)17-8-4-5-11(16)12(6-8)19(21)22/h4-7H,3H2,1-2H3,(H2,17,18,24). The Morgan fingerprint density at radius 3 is 2.72 bits per heavy atom. The van der Waals surface area contributed by atoms with Gasteiger partial charge in [0.15, 0.2) is 5.11 Å². The number of thiophene rings is 1. The lowest BCUT2D eigenvalue weighted by molar-refractivity contribution is -0.384. The predicted octanol–water partition coefficient (Wildman–Crippen LogP) is 4.47. The number of carbonyl (C=O) groups excluding carboxylic acids is 1. The summed E-state index contributed by atoms with van der Waals surface area (Å²) in [4.78, 5) is 23.2. The van der Waals surface area contributed by atoms with Crippen LogP contribution in [0.1, 0.15) is 22.2 Å². The van der Waals surface area contributed by atoms with E-state index in [0.717, 1.165) is 11.3 Å². The fraction of sp³-hybridized carbons (Fsp3) is 0.200. The third kappa shape index (κ3) is 4.65. The van der Waals surface area contributed by atoms with Crippen LogP contribution in [0.2, 0.25) is 5.02 Å². The van der Waals surface area contributed by atoms with Crippen molar-refractivity contribution in [1.82, 2.24) is 0 Å². The van der Waals surface area contributed by atoms with Crippen LogP contribution in [0.15, 0.2) is 24.3 Å². The Labute approximate surface area is 158 Å². The van der Waals surface area contributed by atoms with E-state index < -0.39 is 10.9 Å². The number of esters is 1. The normalized spacial score (nSPS) is 10.2.